The van der Waals surface area contributed by atoms with Crippen LogP contribution in [0.5, 0.6) is 17.2 Å². The average Bonchev–Trinajstić information content (AvgIpc) is 2.66. The van der Waals surface area contributed by atoms with E-state index in [1.807, 2.05) is 30.3 Å². The van der Waals surface area contributed by atoms with Crippen molar-refractivity contribution in [2.75, 3.05) is 14.2 Å². The number of aromatic nitrogens is 1. The Bertz CT molecular complexity index is 879. The molecule has 3 rings (SSSR count). The standard InChI is InChI=1S/C18H16N2O3.CH4O/c1-11-15-10-13(23-12-6-4-3-5-7-12)8-9-14(15)17(21)16(20-11)18(22)19-2;1-2/h3-10,21H,1-2H3,(H,19,22);2H,1H3. The molecule has 6 nitrogen and oxygen atoms in total. The van der Waals surface area contributed by atoms with Crippen LogP contribution >= 0.6 is 0 Å². The molecule has 0 aliphatic heterocycles. The summed E-state index contributed by atoms with van der Waals surface area (Å²) in [6.07, 6.45) is 0. The smallest absolute Gasteiger partial charge is 0.273 e. The summed E-state index contributed by atoms with van der Waals surface area (Å²) in [6, 6.07) is 14.7. The van der Waals surface area contributed by atoms with E-state index in [1.54, 1.807) is 25.1 Å². The number of nitrogens with zero attached hydrogens (tertiary/aromatic N) is 1. The molecule has 0 fully saturated rings. The van der Waals surface area contributed by atoms with Crippen LogP contribution in [0.3, 0.4) is 0 Å². The van der Waals surface area contributed by atoms with Crippen molar-refractivity contribution in [1.82, 2.24) is 10.3 Å². The third kappa shape index (κ3) is 3.87. The fraction of sp³-hybridized carbons (Fsp3) is 0.158. The van der Waals surface area contributed by atoms with Gasteiger partial charge in [0.1, 0.15) is 11.5 Å². The van der Waals surface area contributed by atoms with Gasteiger partial charge in [0.2, 0.25) is 0 Å². The largest absolute Gasteiger partial charge is 0.505 e. The number of para-hydroxylation sites is 1. The summed E-state index contributed by atoms with van der Waals surface area (Å²) in [5, 5.41) is 21.1. The number of ether oxygens (including phenoxy) is 1. The molecule has 25 heavy (non-hydrogen) atoms. The van der Waals surface area contributed by atoms with E-state index in [-0.39, 0.29) is 11.4 Å². The number of aliphatic hydroxyl groups is 1. The van der Waals surface area contributed by atoms with Crippen molar-refractivity contribution in [1.29, 1.82) is 0 Å². The van der Waals surface area contributed by atoms with Gasteiger partial charge in [0.15, 0.2) is 11.4 Å². The highest BCUT2D eigenvalue weighted by Crippen LogP contribution is 2.33. The molecule has 1 heterocycles. The molecule has 3 aromatic rings. The highest BCUT2D eigenvalue weighted by atomic mass is 16.5. The average molecular weight is 340 g/mol. The van der Waals surface area contributed by atoms with E-state index in [9.17, 15) is 9.90 Å². The Morgan fingerprint density at radius 1 is 1.04 bits per heavy atom. The molecule has 0 aliphatic carbocycles. The van der Waals surface area contributed by atoms with E-state index < -0.39 is 5.91 Å². The molecule has 1 amide bonds. The first-order valence-corrected chi connectivity index (χ1v) is 7.63. The van der Waals surface area contributed by atoms with Crippen molar-refractivity contribution in [2.24, 2.45) is 0 Å². The van der Waals surface area contributed by atoms with E-state index >= 15 is 0 Å². The van der Waals surface area contributed by atoms with Gasteiger partial charge in [-0.25, -0.2) is 4.98 Å². The van der Waals surface area contributed by atoms with Crippen LogP contribution in [0.15, 0.2) is 48.5 Å². The van der Waals surface area contributed by atoms with Crippen LogP contribution in [0.4, 0.5) is 0 Å². The molecule has 0 aliphatic rings. The van der Waals surface area contributed by atoms with E-state index in [0.29, 0.717) is 16.8 Å². The molecular formula is C19H20N2O4. The Kier molecular flexibility index (Phi) is 5.92. The highest BCUT2D eigenvalue weighted by Gasteiger charge is 2.17. The fourth-order valence-corrected chi connectivity index (χ4v) is 2.40. The number of aromatic hydroxyl groups is 1. The van der Waals surface area contributed by atoms with Crippen LogP contribution in [0.25, 0.3) is 10.8 Å². The highest BCUT2D eigenvalue weighted by molar-refractivity contribution is 6.02. The molecule has 0 bridgehead atoms. The van der Waals surface area contributed by atoms with Crippen LogP contribution in [0.1, 0.15) is 16.2 Å². The predicted octanol–water partition coefficient (Wildman–Crippen LogP) is 3.01. The topological polar surface area (TPSA) is 91.7 Å². The van der Waals surface area contributed by atoms with Crippen molar-refractivity contribution in [3.63, 3.8) is 0 Å². The fourth-order valence-electron chi connectivity index (χ4n) is 2.40. The Balaban J connectivity index is 0.00000109. The first-order valence-electron chi connectivity index (χ1n) is 7.63. The van der Waals surface area contributed by atoms with Gasteiger partial charge in [-0.2, -0.15) is 0 Å². The maximum atomic E-state index is 11.8. The molecular weight excluding hydrogens is 320 g/mol. The number of aliphatic hydroxyl groups excluding tert-OH is 1. The van der Waals surface area contributed by atoms with Gasteiger partial charge < -0.3 is 20.3 Å². The molecule has 1 aromatic heterocycles. The Morgan fingerprint density at radius 2 is 1.72 bits per heavy atom. The molecule has 130 valence electrons. The minimum atomic E-state index is -0.419. The van der Waals surface area contributed by atoms with Gasteiger partial charge in [0, 0.05) is 30.6 Å². The second-order valence-corrected chi connectivity index (χ2v) is 5.10. The number of aryl methyl sites for hydroxylation is 1. The molecule has 2 aromatic carbocycles. The number of pyridine rings is 1. The maximum Gasteiger partial charge on any atom is 0.273 e. The van der Waals surface area contributed by atoms with E-state index in [1.165, 1.54) is 7.05 Å². The number of fused-ring (bicyclic) bond motifs is 1. The second-order valence-electron chi connectivity index (χ2n) is 5.10. The van der Waals surface area contributed by atoms with Crippen molar-refractivity contribution >= 4 is 16.7 Å². The molecule has 0 spiro atoms. The summed E-state index contributed by atoms with van der Waals surface area (Å²) in [4.78, 5) is 16.0. The zero-order valence-electron chi connectivity index (χ0n) is 14.3. The lowest BCUT2D eigenvalue weighted by Gasteiger charge is -2.11. The van der Waals surface area contributed by atoms with Crippen LogP contribution < -0.4 is 10.1 Å². The lowest BCUT2D eigenvalue weighted by Crippen LogP contribution is -2.19. The van der Waals surface area contributed by atoms with Crippen molar-refractivity contribution in [3.05, 3.63) is 59.9 Å². The number of hydrogen-bond acceptors (Lipinski definition) is 5. The first-order chi connectivity index (χ1) is 12.1. The van der Waals surface area contributed by atoms with Crippen molar-refractivity contribution in [2.45, 2.75) is 6.92 Å². The second kappa shape index (κ2) is 8.12. The number of rotatable bonds is 3. The number of carbonyl (C=O) groups excluding carboxylic acids is 1. The van der Waals surface area contributed by atoms with E-state index in [0.717, 1.165) is 18.2 Å². The zero-order chi connectivity index (χ0) is 18.4. The third-order valence-electron chi connectivity index (χ3n) is 3.56. The lowest BCUT2D eigenvalue weighted by molar-refractivity contribution is 0.0955. The van der Waals surface area contributed by atoms with E-state index in [2.05, 4.69) is 10.3 Å². The molecule has 0 atom stereocenters. The number of amides is 1. The minimum Gasteiger partial charge on any atom is -0.505 e. The third-order valence-corrected chi connectivity index (χ3v) is 3.56. The summed E-state index contributed by atoms with van der Waals surface area (Å²) in [5.74, 6) is 0.817. The van der Waals surface area contributed by atoms with Gasteiger partial charge in [-0.05, 0) is 37.3 Å². The van der Waals surface area contributed by atoms with Crippen LogP contribution in [-0.2, 0) is 0 Å². The SMILES string of the molecule is CNC(=O)c1nc(C)c2cc(Oc3ccccc3)ccc2c1O.CO. The number of benzene rings is 2. The van der Waals surface area contributed by atoms with Crippen molar-refractivity contribution in [3.8, 4) is 17.2 Å². The van der Waals surface area contributed by atoms with E-state index in [4.69, 9.17) is 9.84 Å². The molecule has 3 N–H and O–H groups in total. The van der Waals surface area contributed by atoms with Crippen molar-refractivity contribution < 1.29 is 19.7 Å². The maximum absolute atomic E-state index is 11.8. The molecule has 0 unspecified atom stereocenters. The Labute approximate surface area is 145 Å². The van der Waals surface area contributed by atoms with Crippen LogP contribution in [-0.4, -0.2) is 35.3 Å². The minimum absolute atomic E-state index is 0.0224. The molecule has 6 heteroatoms. The summed E-state index contributed by atoms with van der Waals surface area (Å²) in [6.45, 7) is 1.79. The van der Waals surface area contributed by atoms with Gasteiger partial charge in [0.05, 0.1) is 0 Å². The van der Waals surface area contributed by atoms with Gasteiger partial charge >= 0.3 is 0 Å². The van der Waals surface area contributed by atoms with Crippen LogP contribution in [0.2, 0.25) is 0 Å². The van der Waals surface area contributed by atoms with Gasteiger partial charge in [-0.15, -0.1) is 0 Å². The number of nitrogens with one attached hydrogen (secondary N) is 1. The van der Waals surface area contributed by atoms with Gasteiger partial charge in [-0.1, -0.05) is 18.2 Å². The molecule has 0 radical (unpaired) electrons. The van der Waals surface area contributed by atoms with Crippen LogP contribution in [0, 0.1) is 6.92 Å². The Morgan fingerprint density at radius 3 is 2.36 bits per heavy atom. The number of carbonyl (C=O) groups is 1. The normalized spacial score (nSPS) is 9.92. The van der Waals surface area contributed by atoms with Gasteiger partial charge in [0.25, 0.3) is 5.91 Å². The van der Waals surface area contributed by atoms with Gasteiger partial charge in [-0.3, -0.25) is 4.79 Å². The zero-order valence-corrected chi connectivity index (χ0v) is 14.3. The summed E-state index contributed by atoms with van der Waals surface area (Å²) >= 11 is 0. The lowest BCUT2D eigenvalue weighted by atomic mass is 10.1. The number of hydrogen-bond donors (Lipinski definition) is 3. The monoisotopic (exact) mass is 340 g/mol. The first kappa shape index (κ1) is 18.2. The molecule has 0 saturated carbocycles. The summed E-state index contributed by atoms with van der Waals surface area (Å²) < 4.78 is 5.79. The predicted molar refractivity (Wildman–Crippen MR) is 96.2 cm³/mol. The summed E-state index contributed by atoms with van der Waals surface area (Å²) in [7, 11) is 2.50. The summed E-state index contributed by atoms with van der Waals surface area (Å²) in [5.41, 5.74) is 0.670. The molecule has 0 saturated heterocycles. The Hall–Kier alpha value is -3.12. The quantitative estimate of drug-likeness (QED) is 0.682.